The van der Waals surface area contributed by atoms with Gasteiger partial charge in [0.25, 0.3) is 5.91 Å². The lowest BCUT2D eigenvalue weighted by atomic mass is 10.0. The van der Waals surface area contributed by atoms with Crippen LogP contribution in [0.25, 0.3) is 0 Å². The molecule has 0 aliphatic heterocycles. The van der Waals surface area contributed by atoms with Gasteiger partial charge in [-0.3, -0.25) is 4.79 Å². The molecule has 1 N–H and O–H groups in total. The Kier molecular flexibility index (Phi) is 8.58. The molecule has 1 aromatic carbocycles. The molecule has 0 saturated carbocycles. The van der Waals surface area contributed by atoms with Crippen molar-refractivity contribution in [3.63, 3.8) is 0 Å². The molecule has 0 aromatic heterocycles. The van der Waals surface area contributed by atoms with Crippen LogP contribution in [-0.4, -0.2) is 36.8 Å². The average molecular weight is 365 g/mol. The first-order valence-corrected chi connectivity index (χ1v) is 9.20. The van der Waals surface area contributed by atoms with Crippen molar-refractivity contribution >= 4 is 17.6 Å². The fourth-order valence-electron chi connectivity index (χ4n) is 2.25. The fourth-order valence-corrected chi connectivity index (χ4v) is 2.25. The summed E-state index contributed by atoms with van der Waals surface area (Å²) in [5.41, 5.74) is -0.146. The Balaban J connectivity index is 3.07. The van der Waals surface area contributed by atoms with Gasteiger partial charge >= 0.3 is 5.97 Å². The Morgan fingerprint density at radius 2 is 1.88 bits per heavy atom. The van der Waals surface area contributed by atoms with Gasteiger partial charge in [-0.15, -0.1) is 0 Å². The molecule has 0 spiro atoms. The zero-order valence-electron chi connectivity index (χ0n) is 16.7. The maximum absolute atomic E-state index is 12.7. The first-order valence-electron chi connectivity index (χ1n) is 9.20. The minimum Gasteiger partial charge on any atom is -0.490 e. The number of benzene rings is 1. The van der Waals surface area contributed by atoms with Crippen molar-refractivity contribution in [3.8, 4) is 5.75 Å². The van der Waals surface area contributed by atoms with Gasteiger partial charge in [0.15, 0.2) is 0 Å². The summed E-state index contributed by atoms with van der Waals surface area (Å²) in [5, 5.41) is 2.83. The number of carbonyl (C=O) groups excluding carboxylic acids is 2. The average Bonchev–Trinajstić information content (AvgIpc) is 2.60. The second kappa shape index (κ2) is 10.2. The van der Waals surface area contributed by atoms with E-state index in [4.69, 9.17) is 14.2 Å². The summed E-state index contributed by atoms with van der Waals surface area (Å²) in [5.74, 6) is -0.308. The molecule has 1 rings (SSSR count). The van der Waals surface area contributed by atoms with Crippen molar-refractivity contribution in [2.45, 2.75) is 66.1 Å². The van der Waals surface area contributed by atoms with Crippen molar-refractivity contribution in [1.82, 2.24) is 0 Å². The minimum absolute atomic E-state index is 0.0885. The molecular formula is C20H31NO5. The SMILES string of the molecule is CCCOC(C)(CC)C(=O)Nc1ccc(OC(C)C)c(C(=O)OCC)c1. The van der Waals surface area contributed by atoms with Crippen LogP contribution in [0.4, 0.5) is 5.69 Å². The Morgan fingerprint density at radius 3 is 2.42 bits per heavy atom. The molecule has 26 heavy (non-hydrogen) atoms. The summed E-state index contributed by atoms with van der Waals surface area (Å²) < 4.78 is 16.5. The second-order valence-electron chi connectivity index (χ2n) is 6.49. The molecule has 0 aliphatic rings. The number of esters is 1. The van der Waals surface area contributed by atoms with E-state index in [9.17, 15) is 9.59 Å². The second-order valence-corrected chi connectivity index (χ2v) is 6.49. The van der Waals surface area contributed by atoms with E-state index in [1.165, 1.54) is 0 Å². The highest BCUT2D eigenvalue weighted by atomic mass is 16.5. The van der Waals surface area contributed by atoms with Crippen LogP contribution in [0, 0.1) is 0 Å². The van der Waals surface area contributed by atoms with Gasteiger partial charge in [0, 0.05) is 12.3 Å². The Bertz CT molecular complexity index is 614. The molecule has 1 amide bonds. The highest BCUT2D eigenvalue weighted by molar-refractivity contribution is 5.99. The van der Waals surface area contributed by atoms with Crippen LogP contribution < -0.4 is 10.1 Å². The van der Waals surface area contributed by atoms with E-state index in [1.54, 1.807) is 32.0 Å². The zero-order valence-corrected chi connectivity index (χ0v) is 16.7. The molecule has 0 heterocycles. The first kappa shape index (κ1) is 22.0. The van der Waals surface area contributed by atoms with Crippen LogP contribution in [0.3, 0.4) is 0 Å². The van der Waals surface area contributed by atoms with Gasteiger partial charge in [-0.25, -0.2) is 4.79 Å². The lowest BCUT2D eigenvalue weighted by Crippen LogP contribution is -2.42. The van der Waals surface area contributed by atoms with Crippen molar-refractivity contribution in [3.05, 3.63) is 23.8 Å². The van der Waals surface area contributed by atoms with Gasteiger partial charge in [0.2, 0.25) is 0 Å². The minimum atomic E-state index is -0.923. The van der Waals surface area contributed by atoms with Gasteiger partial charge < -0.3 is 19.5 Å². The highest BCUT2D eigenvalue weighted by Crippen LogP contribution is 2.26. The lowest BCUT2D eigenvalue weighted by molar-refractivity contribution is -0.139. The third kappa shape index (κ3) is 6.02. The Morgan fingerprint density at radius 1 is 1.19 bits per heavy atom. The molecule has 1 atom stereocenters. The lowest BCUT2D eigenvalue weighted by Gasteiger charge is -2.27. The van der Waals surface area contributed by atoms with Crippen molar-refractivity contribution in [2.24, 2.45) is 0 Å². The van der Waals surface area contributed by atoms with E-state index in [1.807, 2.05) is 27.7 Å². The van der Waals surface area contributed by atoms with Gasteiger partial charge in [-0.1, -0.05) is 13.8 Å². The number of hydrogen-bond acceptors (Lipinski definition) is 5. The number of rotatable bonds is 10. The normalized spacial score (nSPS) is 13.2. The molecule has 6 heteroatoms. The monoisotopic (exact) mass is 365 g/mol. The summed E-state index contributed by atoms with van der Waals surface area (Å²) in [7, 11) is 0. The molecular weight excluding hydrogens is 334 g/mol. The molecule has 0 radical (unpaired) electrons. The smallest absolute Gasteiger partial charge is 0.341 e. The van der Waals surface area contributed by atoms with Crippen LogP contribution in [0.2, 0.25) is 0 Å². The van der Waals surface area contributed by atoms with Gasteiger partial charge in [0.05, 0.1) is 12.7 Å². The van der Waals surface area contributed by atoms with E-state index >= 15 is 0 Å². The summed E-state index contributed by atoms with van der Waals surface area (Å²) in [4.78, 5) is 24.9. The van der Waals surface area contributed by atoms with E-state index in [0.29, 0.717) is 24.5 Å². The molecule has 1 aromatic rings. The van der Waals surface area contributed by atoms with Crippen molar-refractivity contribution in [1.29, 1.82) is 0 Å². The Labute approximate surface area is 156 Å². The molecule has 0 bridgehead atoms. The molecule has 146 valence electrons. The third-order valence-corrected chi connectivity index (χ3v) is 3.88. The number of anilines is 1. The van der Waals surface area contributed by atoms with E-state index in [0.717, 1.165) is 6.42 Å². The van der Waals surface area contributed by atoms with Crippen LogP contribution >= 0.6 is 0 Å². The first-order chi connectivity index (χ1) is 12.3. The van der Waals surface area contributed by atoms with Crippen molar-refractivity contribution < 1.29 is 23.8 Å². The number of carbonyl (C=O) groups is 2. The number of amides is 1. The number of hydrogen-bond donors (Lipinski definition) is 1. The van der Waals surface area contributed by atoms with E-state index in [-0.39, 0.29) is 24.2 Å². The van der Waals surface area contributed by atoms with Crippen LogP contribution in [0.15, 0.2) is 18.2 Å². The molecule has 6 nitrogen and oxygen atoms in total. The summed E-state index contributed by atoms with van der Waals surface area (Å²) >= 11 is 0. The third-order valence-electron chi connectivity index (χ3n) is 3.88. The highest BCUT2D eigenvalue weighted by Gasteiger charge is 2.32. The fraction of sp³-hybridized carbons (Fsp3) is 0.600. The molecule has 1 unspecified atom stereocenters. The van der Waals surface area contributed by atoms with E-state index in [2.05, 4.69) is 5.32 Å². The summed E-state index contributed by atoms with van der Waals surface area (Å²) in [6.07, 6.45) is 1.28. The van der Waals surface area contributed by atoms with Crippen LogP contribution in [-0.2, 0) is 14.3 Å². The molecule has 0 aliphatic carbocycles. The predicted octanol–water partition coefficient (Wildman–Crippen LogP) is 4.18. The Hall–Kier alpha value is -2.08. The number of ether oxygens (including phenoxy) is 3. The molecule has 0 fully saturated rings. The van der Waals surface area contributed by atoms with Crippen LogP contribution in [0.5, 0.6) is 5.75 Å². The van der Waals surface area contributed by atoms with Crippen LogP contribution in [0.1, 0.15) is 64.7 Å². The van der Waals surface area contributed by atoms with Gasteiger partial charge in [0.1, 0.15) is 16.9 Å². The maximum atomic E-state index is 12.7. The topological polar surface area (TPSA) is 73.9 Å². The molecule has 0 saturated heterocycles. The van der Waals surface area contributed by atoms with Crippen molar-refractivity contribution in [2.75, 3.05) is 18.5 Å². The number of nitrogens with one attached hydrogen (secondary N) is 1. The van der Waals surface area contributed by atoms with Gasteiger partial charge in [-0.05, 0) is 58.7 Å². The standard InChI is InChI=1S/C20H31NO5/c1-7-12-25-20(6,8-2)19(23)21-15-10-11-17(26-14(4)5)16(13-15)18(22)24-9-3/h10-11,13-14H,7-9,12H2,1-6H3,(H,21,23). The van der Waals surface area contributed by atoms with Gasteiger partial charge in [-0.2, -0.15) is 0 Å². The predicted molar refractivity (Wildman–Crippen MR) is 102 cm³/mol. The largest absolute Gasteiger partial charge is 0.490 e. The maximum Gasteiger partial charge on any atom is 0.341 e. The van der Waals surface area contributed by atoms with E-state index < -0.39 is 11.6 Å². The summed E-state index contributed by atoms with van der Waals surface area (Å²) in [6, 6.07) is 4.94. The quantitative estimate of drug-likeness (QED) is 0.630. The zero-order chi connectivity index (χ0) is 19.7. The summed E-state index contributed by atoms with van der Waals surface area (Å²) in [6.45, 7) is 11.9.